The summed E-state index contributed by atoms with van der Waals surface area (Å²) in [6.45, 7) is 9.88. The van der Waals surface area contributed by atoms with Gasteiger partial charge < -0.3 is 14.8 Å². The summed E-state index contributed by atoms with van der Waals surface area (Å²) in [4.78, 5) is 24.8. The van der Waals surface area contributed by atoms with Crippen LogP contribution in [0.4, 0.5) is 18.0 Å². The predicted molar refractivity (Wildman–Crippen MR) is 125 cm³/mol. The summed E-state index contributed by atoms with van der Waals surface area (Å²) in [6.07, 6.45) is -2.48. The minimum Gasteiger partial charge on any atom is -0.458 e. The summed E-state index contributed by atoms with van der Waals surface area (Å²) in [5, 5.41) is 2.38. The second-order valence-corrected chi connectivity index (χ2v) is 13.5. The number of esters is 1. The molecule has 34 heavy (non-hydrogen) atoms. The fourth-order valence-corrected chi connectivity index (χ4v) is 5.46. The van der Waals surface area contributed by atoms with Crippen LogP contribution in [-0.2, 0) is 24.0 Å². The Morgan fingerprint density at radius 2 is 1.44 bits per heavy atom. The first-order valence-electron chi connectivity index (χ1n) is 11.8. The van der Waals surface area contributed by atoms with Crippen molar-refractivity contribution in [3.63, 3.8) is 0 Å². The summed E-state index contributed by atoms with van der Waals surface area (Å²) < 4.78 is 72.4. The van der Waals surface area contributed by atoms with E-state index in [1.807, 2.05) is 0 Å². The van der Waals surface area contributed by atoms with Crippen LogP contribution in [0.15, 0.2) is 0 Å². The van der Waals surface area contributed by atoms with E-state index < -0.39 is 62.8 Å². The average molecular weight is 515 g/mol. The molecule has 11 heteroatoms. The van der Waals surface area contributed by atoms with Crippen molar-refractivity contribution in [2.24, 2.45) is 11.8 Å². The molecule has 1 rings (SSSR count). The molecule has 200 valence electrons. The summed E-state index contributed by atoms with van der Waals surface area (Å²) in [5.41, 5.74) is -1.68. The number of rotatable bonds is 9. The molecule has 0 aromatic rings. The van der Waals surface area contributed by atoms with Crippen molar-refractivity contribution in [1.82, 2.24) is 5.32 Å². The van der Waals surface area contributed by atoms with Crippen LogP contribution in [0.3, 0.4) is 0 Å². The molecule has 1 fully saturated rings. The number of hydrogen-bond donors (Lipinski definition) is 2. The van der Waals surface area contributed by atoms with Gasteiger partial charge >= 0.3 is 18.2 Å². The monoisotopic (exact) mass is 514 g/mol. The fourth-order valence-electron chi connectivity index (χ4n) is 4.00. The van der Waals surface area contributed by atoms with E-state index in [0.29, 0.717) is 12.8 Å². The van der Waals surface area contributed by atoms with Crippen molar-refractivity contribution in [3.05, 3.63) is 0 Å². The molecule has 7 nitrogen and oxygen atoms in total. The average Bonchev–Trinajstić information content (AvgIpc) is 2.62. The van der Waals surface area contributed by atoms with Crippen LogP contribution in [0.1, 0.15) is 86.5 Å². The van der Waals surface area contributed by atoms with Crippen molar-refractivity contribution in [2.75, 3.05) is 11.5 Å². The number of halogens is 3. The summed E-state index contributed by atoms with van der Waals surface area (Å²) >= 11 is 0. The molecule has 0 aromatic heterocycles. The van der Waals surface area contributed by atoms with Gasteiger partial charge in [-0.25, -0.2) is 13.8 Å². The van der Waals surface area contributed by atoms with Gasteiger partial charge in [-0.2, -0.15) is 13.2 Å². The Labute approximate surface area is 201 Å². The van der Waals surface area contributed by atoms with Gasteiger partial charge in [0.25, 0.3) is 0 Å². The van der Waals surface area contributed by atoms with Gasteiger partial charge in [-0.1, -0.05) is 19.3 Å². The zero-order valence-corrected chi connectivity index (χ0v) is 22.0. The molecule has 3 atom stereocenters. The fraction of sp³-hybridized carbons (Fsp3) is 0.913. The van der Waals surface area contributed by atoms with Crippen LogP contribution >= 0.6 is 0 Å². The van der Waals surface area contributed by atoms with E-state index in [1.54, 1.807) is 41.5 Å². The van der Waals surface area contributed by atoms with Crippen LogP contribution in [0.25, 0.3) is 0 Å². The third-order valence-corrected chi connectivity index (χ3v) is 7.31. The second kappa shape index (κ2) is 11.9. The minimum atomic E-state index is -4.41. The predicted octanol–water partition coefficient (Wildman–Crippen LogP) is 5.81. The van der Waals surface area contributed by atoms with Gasteiger partial charge in [0.1, 0.15) is 17.2 Å². The lowest BCUT2D eigenvalue weighted by molar-refractivity contribution is -0.192. The summed E-state index contributed by atoms with van der Waals surface area (Å²) in [7, 11) is -3.42. The molecule has 0 spiro atoms. The number of alkyl halides is 3. The molecule has 0 heterocycles. The van der Waals surface area contributed by atoms with Gasteiger partial charge in [-0.05, 0) is 73.1 Å². The van der Waals surface area contributed by atoms with Crippen molar-refractivity contribution in [3.8, 4) is 0 Å². The first kappa shape index (κ1) is 30.5. The van der Waals surface area contributed by atoms with Crippen molar-refractivity contribution in [2.45, 2.75) is 110 Å². The second-order valence-electron chi connectivity index (χ2n) is 11.1. The maximum Gasteiger partial charge on any atom is 0.408 e. The molecule has 0 radical (unpaired) electrons. The highest BCUT2D eigenvalue weighted by Gasteiger charge is 2.44. The molecule has 3 unspecified atom stereocenters. The Kier molecular flexibility index (Phi) is 10.7. The van der Waals surface area contributed by atoms with Crippen LogP contribution in [0.5, 0.6) is 0 Å². The highest BCUT2D eigenvalue weighted by atomic mass is 32.2. The first-order valence-corrected chi connectivity index (χ1v) is 13.7. The maximum atomic E-state index is 13.7. The van der Waals surface area contributed by atoms with E-state index in [9.17, 15) is 27.0 Å². The smallest absolute Gasteiger partial charge is 0.408 e. The number of alkyl carbamates (subject to hydrolysis) is 1. The van der Waals surface area contributed by atoms with E-state index in [1.165, 1.54) is 0 Å². The van der Waals surface area contributed by atoms with E-state index in [2.05, 4.69) is 5.32 Å². The lowest BCUT2D eigenvalue weighted by Gasteiger charge is -2.32. The zero-order chi connectivity index (χ0) is 26.4. The van der Waals surface area contributed by atoms with Gasteiger partial charge in [0.05, 0.1) is 5.92 Å². The topological polar surface area (TPSA) is 106 Å². The zero-order valence-electron chi connectivity index (χ0n) is 21.2. The van der Waals surface area contributed by atoms with Gasteiger partial charge in [0, 0.05) is 21.2 Å². The Bertz CT molecular complexity index is 780. The van der Waals surface area contributed by atoms with Gasteiger partial charge in [0.15, 0.2) is 0 Å². The molecule has 1 aliphatic carbocycles. The van der Waals surface area contributed by atoms with Crippen LogP contribution in [0.2, 0.25) is 0 Å². The number of carbonyl (C=O) groups is 2. The third-order valence-electron chi connectivity index (χ3n) is 5.52. The van der Waals surface area contributed by atoms with Crippen molar-refractivity contribution >= 4 is 21.8 Å². The van der Waals surface area contributed by atoms with Gasteiger partial charge in [-0.15, -0.1) is 0 Å². The maximum absolute atomic E-state index is 13.7. The highest BCUT2D eigenvalue weighted by molar-refractivity contribution is 7.92. The largest absolute Gasteiger partial charge is 0.458 e. The molecule has 0 bridgehead atoms. The van der Waals surface area contributed by atoms with E-state index >= 15 is 0 Å². The van der Waals surface area contributed by atoms with Crippen LogP contribution in [-0.4, -0.2) is 51.2 Å². The third kappa shape index (κ3) is 12.3. The molecule has 0 aromatic carbocycles. The van der Waals surface area contributed by atoms with E-state index in [4.69, 9.17) is 14.3 Å². The molecule has 0 aliphatic heterocycles. The molecule has 2 N–H and O–H groups in total. The number of hydrogen-bond acceptors (Lipinski definition) is 6. The lowest BCUT2D eigenvalue weighted by Crippen LogP contribution is -2.46. The number of ether oxygens (including phenoxy) is 2. The SMILES string of the molecule is CC(C)(C)OC(=O)NC(CCS(=N)(=O)CCC(C1CCCCC1)C(F)(F)F)C(=O)OC(C)(C)C. The molecular formula is C23H41F3N2O5S. The van der Waals surface area contributed by atoms with E-state index in [0.717, 1.165) is 19.3 Å². The molecule has 1 amide bonds. The standard InChI is InChI=1S/C23H41F3N2O5S/c1-21(2,3)32-19(29)18(28-20(30)33-22(4,5)6)13-15-34(27,31)14-12-17(23(24,25)26)16-10-8-7-9-11-16/h16-18,27H,7-15H2,1-6H3,(H,28,30). The Hall–Kier alpha value is -1.52. The van der Waals surface area contributed by atoms with Crippen LogP contribution in [0, 0.1) is 16.6 Å². The number of amides is 1. The molecular weight excluding hydrogens is 473 g/mol. The highest BCUT2D eigenvalue weighted by Crippen LogP contribution is 2.41. The summed E-state index contributed by atoms with van der Waals surface area (Å²) in [5.74, 6) is -3.64. The van der Waals surface area contributed by atoms with Gasteiger partial charge in [-0.3, -0.25) is 4.78 Å². The summed E-state index contributed by atoms with van der Waals surface area (Å²) in [6, 6.07) is -1.24. The Balaban J connectivity index is 2.84. The Morgan fingerprint density at radius 3 is 1.91 bits per heavy atom. The first-order chi connectivity index (χ1) is 15.3. The normalized spacial score (nSPS) is 19.6. The van der Waals surface area contributed by atoms with Crippen molar-refractivity contribution in [1.29, 1.82) is 4.78 Å². The lowest BCUT2D eigenvalue weighted by atomic mass is 9.78. The van der Waals surface area contributed by atoms with Crippen LogP contribution < -0.4 is 5.32 Å². The van der Waals surface area contributed by atoms with Gasteiger partial charge in [0.2, 0.25) is 0 Å². The quantitative estimate of drug-likeness (QED) is 0.378. The van der Waals surface area contributed by atoms with E-state index in [-0.39, 0.29) is 18.6 Å². The molecule has 1 aliphatic rings. The number of nitrogens with one attached hydrogen (secondary N) is 2. The Morgan fingerprint density at radius 1 is 0.941 bits per heavy atom. The minimum absolute atomic E-state index is 0.212. The molecule has 1 saturated carbocycles. The van der Waals surface area contributed by atoms with Crippen molar-refractivity contribution < 1.29 is 36.4 Å². The molecule has 0 saturated heterocycles. The number of carbonyl (C=O) groups excluding carboxylic acids is 2.